The van der Waals surface area contributed by atoms with Gasteiger partial charge in [-0.3, -0.25) is 4.90 Å². The number of aromatic nitrogens is 2. The van der Waals surface area contributed by atoms with Crippen molar-refractivity contribution < 1.29 is 12.9 Å². The maximum absolute atomic E-state index is 12.8. The van der Waals surface area contributed by atoms with E-state index in [1.54, 1.807) is 8.61 Å². The highest BCUT2D eigenvalue weighted by atomic mass is 32.2. The SMILES string of the molecule is CC(C)c1noc(C(C)N2CCN(S(=O)(=O)N3CCN(C)CC3)CC2)n1. The molecule has 1 aromatic heterocycles. The summed E-state index contributed by atoms with van der Waals surface area (Å²) in [5.41, 5.74) is 0. The van der Waals surface area contributed by atoms with Crippen LogP contribution in [0.1, 0.15) is 44.4 Å². The van der Waals surface area contributed by atoms with Crippen LogP contribution in [0.25, 0.3) is 0 Å². The molecular formula is C16H30N6O3S. The van der Waals surface area contributed by atoms with Crippen molar-refractivity contribution in [3.8, 4) is 0 Å². The summed E-state index contributed by atoms with van der Waals surface area (Å²) in [6.45, 7) is 11.1. The third-order valence-electron chi connectivity index (χ3n) is 5.27. The zero-order valence-electron chi connectivity index (χ0n) is 16.1. The van der Waals surface area contributed by atoms with Crippen molar-refractivity contribution in [3.05, 3.63) is 11.7 Å². The van der Waals surface area contributed by atoms with Gasteiger partial charge in [0.2, 0.25) is 5.89 Å². The molecule has 26 heavy (non-hydrogen) atoms. The maximum atomic E-state index is 12.8. The molecule has 148 valence electrons. The van der Waals surface area contributed by atoms with Crippen molar-refractivity contribution in [2.45, 2.75) is 32.7 Å². The minimum Gasteiger partial charge on any atom is -0.338 e. The van der Waals surface area contributed by atoms with E-state index in [1.807, 2.05) is 27.8 Å². The van der Waals surface area contributed by atoms with Gasteiger partial charge in [-0.1, -0.05) is 19.0 Å². The molecule has 3 heterocycles. The normalized spacial score (nSPS) is 23.6. The highest BCUT2D eigenvalue weighted by Gasteiger charge is 2.35. The first-order chi connectivity index (χ1) is 12.3. The molecule has 0 amide bonds. The Hall–Kier alpha value is -1.07. The highest BCUT2D eigenvalue weighted by molar-refractivity contribution is 7.86. The Morgan fingerprint density at radius 3 is 1.96 bits per heavy atom. The average molecular weight is 387 g/mol. The van der Waals surface area contributed by atoms with Crippen LogP contribution in [-0.4, -0.2) is 96.4 Å². The fourth-order valence-corrected chi connectivity index (χ4v) is 4.89. The van der Waals surface area contributed by atoms with Crippen molar-refractivity contribution in [1.82, 2.24) is 28.6 Å². The summed E-state index contributed by atoms with van der Waals surface area (Å²) in [4.78, 5) is 8.83. The molecule has 0 radical (unpaired) electrons. The van der Waals surface area contributed by atoms with Gasteiger partial charge in [-0.15, -0.1) is 0 Å². The van der Waals surface area contributed by atoms with E-state index in [4.69, 9.17) is 4.52 Å². The van der Waals surface area contributed by atoms with Crippen molar-refractivity contribution in [3.63, 3.8) is 0 Å². The van der Waals surface area contributed by atoms with Gasteiger partial charge < -0.3 is 9.42 Å². The third-order valence-corrected chi connectivity index (χ3v) is 7.30. The Morgan fingerprint density at radius 2 is 1.46 bits per heavy atom. The largest absolute Gasteiger partial charge is 0.338 e. The minimum atomic E-state index is -3.37. The van der Waals surface area contributed by atoms with E-state index in [2.05, 4.69) is 19.9 Å². The molecule has 0 aliphatic carbocycles. The minimum absolute atomic E-state index is 0.0107. The monoisotopic (exact) mass is 386 g/mol. The summed E-state index contributed by atoms with van der Waals surface area (Å²) >= 11 is 0. The molecule has 1 unspecified atom stereocenters. The van der Waals surface area contributed by atoms with Gasteiger partial charge in [-0.2, -0.15) is 22.0 Å². The second-order valence-electron chi connectivity index (χ2n) is 7.47. The van der Waals surface area contributed by atoms with E-state index in [9.17, 15) is 8.42 Å². The molecule has 2 fully saturated rings. The number of rotatable bonds is 5. The van der Waals surface area contributed by atoms with Crippen LogP contribution in [0.2, 0.25) is 0 Å². The number of hydrogen-bond acceptors (Lipinski definition) is 7. The summed E-state index contributed by atoms with van der Waals surface area (Å²) in [6.07, 6.45) is 0. The molecule has 0 spiro atoms. The lowest BCUT2D eigenvalue weighted by Crippen LogP contribution is -2.56. The zero-order valence-corrected chi connectivity index (χ0v) is 16.9. The smallest absolute Gasteiger partial charge is 0.282 e. The maximum Gasteiger partial charge on any atom is 0.282 e. The Morgan fingerprint density at radius 1 is 0.923 bits per heavy atom. The molecule has 0 saturated carbocycles. The summed E-state index contributed by atoms with van der Waals surface area (Å²) in [5, 5.41) is 4.02. The fourth-order valence-electron chi connectivity index (χ4n) is 3.31. The van der Waals surface area contributed by atoms with E-state index in [0.717, 1.165) is 13.1 Å². The lowest BCUT2D eigenvalue weighted by Gasteiger charge is -2.40. The third kappa shape index (κ3) is 4.09. The highest BCUT2D eigenvalue weighted by Crippen LogP contribution is 2.23. The second kappa shape index (κ2) is 7.89. The molecular weight excluding hydrogens is 356 g/mol. The van der Waals surface area contributed by atoms with Crippen molar-refractivity contribution in [1.29, 1.82) is 0 Å². The van der Waals surface area contributed by atoms with Gasteiger partial charge in [0.1, 0.15) is 0 Å². The van der Waals surface area contributed by atoms with Crippen LogP contribution in [0.15, 0.2) is 4.52 Å². The van der Waals surface area contributed by atoms with Gasteiger partial charge >= 0.3 is 0 Å². The molecule has 10 heteroatoms. The zero-order chi connectivity index (χ0) is 18.9. The first kappa shape index (κ1) is 19.7. The van der Waals surface area contributed by atoms with E-state index in [1.165, 1.54) is 0 Å². The topological polar surface area (TPSA) is 86.0 Å². The van der Waals surface area contributed by atoms with E-state index >= 15 is 0 Å². The predicted molar refractivity (Wildman–Crippen MR) is 97.9 cm³/mol. The van der Waals surface area contributed by atoms with Crippen molar-refractivity contribution in [2.75, 3.05) is 59.4 Å². The van der Waals surface area contributed by atoms with Gasteiger partial charge in [0.15, 0.2) is 5.82 Å². The average Bonchev–Trinajstić information content (AvgIpc) is 3.12. The van der Waals surface area contributed by atoms with Gasteiger partial charge in [-0.05, 0) is 14.0 Å². The molecule has 0 bridgehead atoms. The Bertz CT molecular complexity index is 691. The first-order valence-electron chi connectivity index (χ1n) is 9.30. The molecule has 1 atom stereocenters. The molecule has 1 aromatic rings. The molecule has 2 aliphatic heterocycles. The second-order valence-corrected chi connectivity index (χ2v) is 9.40. The van der Waals surface area contributed by atoms with Gasteiger partial charge in [-0.25, -0.2) is 0 Å². The predicted octanol–water partition coefficient (Wildman–Crippen LogP) is 0.364. The number of hydrogen-bond donors (Lipinski definition) is 0. The molecule has 3 rings (SSSR count). The first-order valence-corrected chi connectivity index (χ1v) is 10.7. The van der Waals surface area contributed by atoms with Crippen LogP contribution in [0.5, 0.6) is 0 Å². The van der Waals surface area contributed by atoms with Crippen molar-refractivity contribution >= 4 is 10.2 Å². The lowest BCUT2D eigenvalue weighted by molar-refractivity contribution is 0.118. The summed E-state index contributed by atoms with van der Waals surface area (Å²) in [7, 11) is -1.35. The quantitative estimate of drug-likeness (QED) is 0.722. The van der Waals surface area contributed by atoms with E-state index in [0.29, 0.717) is 51.0 Å². The summed E-state index contributed by atoms with van der Waals surface area (Å²) in [6, 6.07) is -0.0107. The molecule has 2 aliphatic rings. The Balaban J connectivity index is 1.58. The molecule has 9 nitrogen and oxygen atoms in total. The fraction of sp³-hybridized carbons (Fsp3) is 0.875. The Labute approximate surface area is 156 Å². The van der Waals surface area contributed by atoms with Gasteiger partial charge in [0, 0.05) is 58.3 Å². The summed E-state index contributed by atoms with van der Waals surface area (Å²) < 4.78 is 34.3. The van der Waals surface area contributed by atoms with Crippen LogP contribution in [0.3, 0.4) is 0 Å². The lowest BCUT2D eigenvalue weighted by atomic mass is 10.2. The van der Waals surface area contributed by atoms with Crippen LogP contribution in [0, 0.1) is 0 Å². The van der Waals surface area contributed by atoms with Gasteiger partial charge in [0.05, 0.1) is 6.04 Å². The van der Waals surface area contributed by atoms with E-state index < -0.39 is 10.2 Å². The summed E-state index contributed by atoms with van der Waals surface area (Å²) in [5.74, 6) is 1.54. The van der Waals surface area contributed by atoms with Crippen LogP contribution >= 0.6 is 0 Å². The molecule has 0 aromatic carbocycles. The number of likely N-dealkylation sites (N-methyl/N-ethyl adjacent to an activating group) is 1. The van der Waals surface area contributed by atoms with Crippen LogP contribution in [-0.2, 0) is 10.2 Å². The van der Waals surface area contributed by atoms with E-state index in [-0.39, 0.29) is 12.0 Å². The van der Waals surface area contributed by atoms with Crippen molar-refractivity contribution in [2.24, 2.45) is 0 Å². The van der Waals surface area contributed by atoms with Gasteiger partial charge in [0.25, 0.3) is 10.2 Å². The number of piperazine rings is 2. The Kier molecular flexibility index (Phi) is 5.97. The molecule has 2 saturated heterocycles. The standard InChI is InChI=1S/C16H30N6O3S/c1-13(2)15-17-16(25-18-15)14(3)20-7-11-22(12-8-20)26(23,24)21-9-5-19(4)6-10-21/h13-14H,5-12H2,1-4H3. The number of nitrogens with zero attached hydrogens (tertiary/aromatic N) is 6. The van der Waals surface area contributed by atoms with Crippen LogP contribution < -0.4 is 0 Å². The molecule has 0 N–H and O–H groups in total. The van der Waals surface area contributed by atoms with Crippen LogP contribution in [0.4, 0.5) is 0 Å².